The number of aliphatic carboxylic acids is 1. The van der Waals surface area contributed by atoms with Crippen molar-refractivity contribution in [2.24, 2.45) is 5.73 Å². The van der Waals surface area contributed by atoms with E-state index in [1.165, 1.54) is 0 Å². The van der Waals surface area contributed by atoms with Gasteiger partial charge in [0.15, 0.2) is 0 Å². The van der Waals surface area contributed by atoms with E-state index in [1.54, 1.807) is 20.8 Å². The second kappa shape index (κ2) is 4.03. The van der Waals surface area contributed by atoms with Gasteiger partial charge in [0.1, 0.15) is 5.60 Å². The fourth-order valence-corrected chi connectivity index (χ4v) is 0.957. The zero-order valence-corrected chi connectivity index (χ0v) is 10.2. The Hall–Kier alpha value is -1.14. The van der Waals surface area contributed by atoms with Crippen LogP contribution >= 0.6 is 0 Å². The molecule has 0 spiro atoms. The predicted octanol–water partition coefficient (Wildman–Crippen LogP) is -0.119. The number of carboxylic acids is 1. The van der Waals surface area contributed by atoms with Gasteiger partial charge in [0.2, 0.25) is 5.54 Å². The Morgan fingerprint density at radius 1 is 1.12 bits per heavy atom. The van der Waals surface area contributed by atoms with Gasteiger partial charge in [0.05, 0.1) is 5.60 Å². The smallest absolute Gasteiger partial charge is 0.341 e. The van der Waals surface area contributed by atoms with Gasteiger partial charge in [-0.3, -0.25) is 0 Å². The highest BCUT2D eigenvalue weighted by molar-refractivity contribution is 6.05. The van der Waals surface area contributed by atoms with Crippen LogP contribution in [-0.4, -0.2) is 38.9 Å². The van der Waals surface area contributed by atoms with Gasteiger partial charge >= 0.3 is 11.9 Å². The topological polar surface area (TPSA) is 110 Å². The first-order valence-electron chi connectivity index (χ1n) is 4.80. The van der Waals surface area contributed by atoms with Gasteiger partial charge in [-0.2, -0.15) is 0 Å². The van der Waals surface area contributed by atoms with Crippen LogP contribution in [0.5, 0.6) is 0 Å². The Bertz CT molecular complexity index is 299. The summed E-state index contributed by atoms with van der Waals surface area (Å²) in [5.41, 5.74) is 0.157. The second-order valence-electron chi connectivity index (χ2n) is 5.17. The van der Waals surface area contributed by atoms with Crippen molar-refractivity contribution in [3.63, 3.8) is 0 Å². The minimum absolute atomic E-state index is 0.873. The van der Waals surface area contributed by atoms with Crippen molar-refractivity contribution in [2.45, 2.75) is 51.4 Å². The SMILES string of the molecule is CC(C)(C)OC(=O)[C@](N)(C(=O)O)C(C)(C)O. The summed E-state index contributed by atoms with van der Waals surface area (Å²) in [5.74, 6) is -2.80. The van der Waals surface area contributed by atoms with Crippen molar-refractivity contribution in [3.05, 3.63) is 0 Å². The molecule has 1 atom stereocenters. The number of rotatable bonds is 3. The zero-order valence-electron chi connectivity index (χ0n) is 10.2. The summed E-state index contributed by atoms with van der Waals surface area (Å²) in [6, 6.07) is 0. The lowest BCUT2D eigenvalue weighted by atomic mass is 9.83. The van der Waals surface area contributed by atoms with E-state index in [9.17, 15) is 14.7 Å². The number of carbonyl (C=O) groups is 2. The number of carboxylic acid groups (broad SMARTS) is 1. The lowest BCUT2D eigenvalue weighted by molar-refractivity contribution is -0.180. The molecule has 4 N–H and O–H groups in total. The lowest BCUT2D eigenvalue weighted by Gasteiger charge is -2.35. The molecule has 0 aromatic rings. The van der Waals surface area contributed by atoms with E-state index < -0.39 is 28.7 Å². The third-order valence-corrected chi connectivity index (χ3v) is 2.02. The van der Waals surface area contributed by atoms with Gasteiger partial charge in [-0.1, -0.05) is 0 Å². The van der Waals surface area contributed by atoms with E-state index in [4.69, 9.17) is 15.6 Å². The van der Waals surface area contributed by atoms with Gasteiger partial charge < -0.3 is 20.7 Å². The van der Waals surface area contributed by atoms with Gasteiger partial charge in [0.25, 0.3) is 0 Å². The van der Waals surface area contributed by atoms with Crippen molar-refractivity contribution in [3.8, 4) is 0 Å². The monoisotopic (exact) mass is 233 g/mol. The molecule has 0 aliphatic heterocycles. The van der Waals surface area contributed by atoms with Crippen LogP contribution in [0.25, 0.3) is 0 Å². The average Bonchev–Trinajstić information content (AvgIpc) is 1.96. The Labute approximate surface area is 94.4 Å². The molecule has 0 aliphatic carbocycles. The molecule has 0 aromatic carbocycles. The van der Waals surface area contributed by atoms with Gasteiger partial charge in [0, 0.05) is 0 Å². The van der Waals surface area contributed by atoms with Crippen molar-refractivity contribution < 1.29 is 24.5 Å². The highest BCUT2D eigenvalue weighted by Crippen LogP contribution is 2.23. The van der Waals surface area contributed by atoms with Crippen LogP contribution in [0.3, 0.4) is 0 Å². The minimum Gasteiger partial charge on any atom is -0.479 e. The van der Waals surface area contributed by atoms with Crippen molar-refractivity contribution in [1.82, 2.24) is 0 Å². The molecule has 0 fully saturated rings. The van der Waals surface area contributed by atoms with Crippen molar-refractivity contribution in [1.29, 1.82) is 0 Å². The summed E-state index contributed by atoms with van der Waals surface area (Å²) in [5, 5.41) is 18.6. The maximum absolute atomic E-state index is 11.7. The first-order chi connectivity index (χ1) is 6.82. The first kappa shape index (κ1) is 14.9. The molecular weight excluding hydrogens is 214 g/mol. The molecule has 0 aliphatic rings. The minimum atomic E-state index is -2.49. The number of aliphatic hydroxyl groups is 1. The first-order valence-corrected chi connectivity index (χ1v) is 4.80. The fourth-order valence-electron chi connectivity index (χ4n) is 0.957. The third kappa shape index (κ3) is 2.93. The van der Waals surface area contributed by atoms with E-state index in [0.717, 1.165) is 13.8 Å². The standard InChI is InChI=1S/C10H19NO5/c1-8(2,3)16-7(14)10(11,6(12)13)9(4,5)15/h15H,11H2,1-5H3,(H,12,13)/t10-/m1/s1. The third-order valence-electron chi connectivity index (χ3n) is 2.02. The molecule has 0 saturated carbocycles. The van der Waals surface area contributed by atoms with Gasteiger partial charge in [-0.25, -0.2) is 9.59 Å². The van der Waals surface area contributed by atoms with Crippen LogP contribution in [0, 0.1) is 0 Å². The van der Waals surface area contributed by atoms with E-state index >= 15 is 0 Å². The molecule has 6 heteroatoms. The summed E-state index contributed by atoms with van der Waals surface area (Å²) in [6.07, 6.45) is 0. The number of ether oxygens (including phenoxy) is 1. The van der Waals surface area contributed by atoms with E-state index in [-0.39, 0.29) is 0 Å². The molecule has 0 amide bonds. The van der Waals surface area contributed by atoms with Crippen LogP contribution in [0.4, 0.5) is 0 Å². The van der Waals surface area contributed by atoms with Crippen LogP contribution in [0.15, 0.2) is 0 Å². The number of esters is 1. The maximum atomic E-state index is 11.7. The molecule has 0 rings (SSSR count). The summed E-state index contributed by atoms with van der Waals surface area (Å²) < 4.78 is 4.89. The molecule has 94 valence electrons. The molecule has 16 heavy (non-hydrogen) atoms. The number of hydrogen-bond acceptors (Lipinski definition) is 5. The summed E-state index contributed by atoms with van der Waals surface area (Å²) in [4.78, 5) is 22.7. The van der Waals surface area contributed by atoms with Crippen LogP contribution in [0.2, 0.25) is 0 Å². The fraction of sp³-hybridized carbons (Fsp3) is 0.800. The molecule has 0 radical (unpaired) electrons. The van der Waals surface area contributed by atoms with Crippen molar-refractivity contribution >= 4 is 11.9 Å². The van der Waals surface area contributed by atoms with E-state index in [2.05, 4.69) is 0 Å². The van der Waals surface area contributed by atoms with Crippen molar-refractivity contribution in [2.75, 3.05) is 0 Å². The zero-order chi connectivity index (χ0) is 13.4. The summed E-state index contributed by atoms with van der Waals surface area (Å²) in [6.45, 7) is 7.03. The largest absolute Gasteiger partial charge is 0.479 e. The second-order valence-corrected chi connectivity index (χ2v) is 5.17. The number of carbonyl (C=O) groups excluding carboxylic acids is 1. The molecule has 0 aromatic heterocycles. The Morgan fingerprint density at radius 3 is 1.69 bits per heavy atom. The summed E-state index contributed by atoms with van der Waals surface area (Å²) >= 11 is 0. The Morgan fingerprint density at radius 2 is 1.50 bits per heavy atom. The molecule has 0 saturated heterocycles. The van der Waals surface area contributed by atoms with Gasteiger partial charge in [-0.15, -0.1) is 0 Å². The molecule has 6 nitrogen and oxygen atoms in total. The Kier molecular flexibility index (Phi) is 3.74. The average molecular weight is 233 g/mol. The summed E-state index contributed by atoms with van der Waals surface area (Å²) in [7, 11) is 0. The normalized spacial score (nSPS) is 16.4. The quantitative estimate of drug-likeness (QED) is 0.463. The van der Waals surface area contributed by atoms with Crippen LogP contribution in [0.1, 0.15) is 34.6 Å². The van der Waals surface area contributed by atoms with Gasteiger partial charge in [-0.05, 0) is 34.6 Å². The molecule has 0 bridgehead atoms. The molecular formula is C10H19NO5. The lowest BCUT2D eigenvalue weighted by Crippen LogP contribution is -2.69. The van der Waals surface area contributed by atoms with Crippen LogP contribution < -0.4 is 5.73 Å². The van der Waals surface area contributed by atoms with Crippen LogP contribution in [-0.2, 0) is 14.3 Å². The Balaban J connectivity index is 5.26. The maximum Gasteiger partial charge on any atom is 0.341 e. The van der Waals surface area contributed by atoms with E-state index in [0.29, 0.717) is 0 Å². The highest BCUT2D eigenvalue weighted by Gasteiger charge is 2.56. The highest BCUT2D eigenvalue weighted by atomic mass is 16.6. The molecule has 0 unspecified atom stereocenters. The number of hydrogen-bond donors (Lipinski definition) is 3. The van der Waals surface area contributed by atoms with E-state index in [1.807, 2.05) is 0 Å². The molecule has 0 heterocycles. The number of nitrogens with two attached hydrogens (primary N) is 1. The predicted molar refractivity (Wildman–Crippen MR) is 56.7 cm³/mol.